The van der Waals surface area contributed by atoms with Crippen LogP contribution in [0.25, 0.3) is 22.2 Å². The minimum atomic E-state index is -0.970. The van der Waals surface area contributed by atoms with Gasteiger partial charge in [-0.25, -0.2) is 4.39 Å². The van der Waals surface area contributed by atoms with Crippen molar-refractivity contribution < 1.29 is 14.3 Å². The normalized spacial score (nSPS) is 12.3. The molecular formula is C20H21FN2O2. The maximum atomic E-state index is 13.1. The number of rotatable bonds is 5. The molecule has 1 atom stereocenters. The third-order valence-electron chi connectivity index (χ3n) is 4.41. The lowest BCUT2D eigenvalue weighted by Crippen LogP contribution is -2.33. The molecule has 0 bridgehead atoms. The van der Waals surface area contributed by atoms with E-state index < -0.39 is 6.10 Å². The lowest BCUT2D eigenvalue weighted by molar-refractivity contribution is -0.129. The quantitative estimate of drug-likeness (QED) is 0.663. The Kier molecular flexibility index (Phi) is 4.86. The SMILES string of the molecule is CCC(O)C(=O)NCc1ccc2[nH]c(-c3ccc(F)cc3)c(C)c2c1. The van der Waals surface area contributed by atoms with E-state index in [-0.39, 0.29) is 11.7 Å². The first kappa shape index (κ1) is 17.2. The molecule has 0 aliphatic rings. The van der Waals surface area contributed by atoms with Gasteiger partial charge in [-0.05, 0) is 66.4 Å². The zero-order chi connectivity index (χ0) is 18.0. The fourth-order valence-electron chi connectivity index (χ4n) is 2.88. The summed E-state index contributed by atoms with van der Waals surface area (Å²) >= 11 is 0. The zero-order valence-electron chi connectivity index (χ0n) is 14.3. The summed E-state index contributed by atoms with van der Waals surface area (Å²) in [4.78, 5) is 15.1. The number of hydrogen-bond acceptors (Lipinski definition) is 2. The van der Waals surface area contributed by atoms with Crippen LogP contribution in [0.4, 0.5) is 4.39 Å². The Morgan fingerprint density at radius 3 is 2.64 bits per heavy atom. The van der Waals surface area contributed by atoms with Gasteiger partial charge in [0.1, 0.15) is 11.9 Å². The molecule has 130 valence electrons. The molecule has 0 fully saturated rings. The molecule has 5 heteroatoms. The van der Waals surface area contributed by atoms with E-state index in [0.29, 0.717) is 13.0 Å². The van der Waals surface area contributed by atoms with Gasteiger partial charge < -0.3 is 15.4 Å². The summed E-state index contributed by atoms with van der Waals surface area (Å²) in [6.45, 7) is 4.14. The molecule has 0 spiro atoms. The van der Waals surface area contributed by atoms with Crippen LogP contribution in [0.5, 0.6) is 0 Å². The van der Waals surface area contributed by atoms with Gasteiger partial charge in [-0.1, -0.05) is 13.0 Å². The number of aliphatic hydroxyl groups excluding tert-OH is 1. The average molecular weight is 340 g/mol. The molecule has 1 amide bonds. The Morgan fingerprint density at radius 1 is 1.24 bits per heavy atom. The van der Waals surface area contributed by atoms with Gasteiger partial charge in [0.15, 0.2) is 0 Å². The standard InChI is InChI=1S/C20H21FN2O2/c1-3-18(24)20(25)22-11-13-4-9-17-16(10-13)12(2)19(23-17)14-5-7-15(21)8-6-14/h4-10,18,23-24H,3,11H2,1-2H3,(H,22,25). The van der Waals surface area contributed by atoms with E-state index in [2.05, 4.69) is 10.3 Å². The van der Waals surface area contributed by atoms with Crippen LogP contribution in [-0.2, 0) is 11.3 Å². The minimum absolute atomic E-state index is 0.259. The van der Waals surface area contributed by atoms with E-state index >= 15 is 0 Å². The molecule has 0 radical (unpaired) electrons. The number of amides is 1. The van der Waals surface area contributed by atoms with Crippen LogP contribution in [0.2, 0.25) is 0 Å². The summed E-state index contributed by atoms with van der Waals surface area (Å²) in [7, 11) is 0. The fraction of sp³-hybridized carbons (Fsp3) is 0.250. The lowest BCUT2D eigenvalue weighted by atomic mass is 10.0. The number of carbonyl (C=O) groups is 1. The van der Waals surface area contributed by atoms with Crippen molar-refractivity contribution >= 4 is 16.8 Å². The number of benzene rings is 2. The van der Waals surface area contributed by atoms with E-state index in [9.17, 15) is 14.3 Å². The molecule has 3 rings (SSSR count). The first-order chi connectivity index (χ1) is 12.0. The third-order valence-corrected chi connectivity index (χ3v) is 4.41. The molecule has 0 aliphatic heterocycles. The van der Waals surface area contributed by atoms with Crippen molar-refractivity contribution in [2.45, 2.75) is 32.9 Å². The number of carbonyl (C=O) groups excluding carboxylic acids is 1. The van der Waals surface area contributed by atoms with Crippen molar-refractivity contribution in [3.8, 4) is 11.3 Å². The second-order valence-electron chi connectivity index (χ2n) is 6.15. The van der Waals surface area contributed by atoms with Gasteiger partial charge in [0.2, 0.25) is 5.91 Å². The van der Waals surface area contributed by atoms with Crippen LogP contribution in [0.1, 0.15) is 24.5 Å². The monoisotopic (exact) mass is 340 g/mol. The van der Waals surface area contributed by atoms with Crippen molar-refractivity contribution in [1.29, 1.82) is 0 Å². The highest BCUT2D eigenvalue weighted by atomic mass is 19.1. The second-order valence-corrected chi connectivity index (χ2v) is 6.15. The van der Waals surface area contributed by atoms with Gasteiger partial charge in [-0.15, -0.1) is 0 Å². The van der Waals surface area contributed by atoms with E-state index in [4.69, 9.17) is 0 Å². The summed E-state index contributed by atoms with van der Waals surface area (Å²) in [6.07, 6.45) is -0.578. The molecule has 25 heavy (non-hydrogen) atoms. The van der Waals surface area contributed by atoms with E-state index in [1.165, 1.54) is 12.1 Å². The number of nitrogens with one attached hydrogen (secondary N) is 2. The van der Waals surface area contributed by atoms with Crippen LogP contribution >= 0.6 is 0 Å². The van der Waals surface area contributed by atoms with E-state index in [0.717, 1.165) is 33.3 Å². The highest BCUT2D eigenvalue weighted by Gasteiger charge is 2.13. The Bertz CT molecular complexity index is 900. The molecule has 3 N–H and O–H groups in total. The number of fused-ring (bicyclic) bond motifs is 1. The molecule has 0 saturated heterocycles. The maximum absolute atomic E-state index is 13.1. The van der Waals surface area contributed by atoms with Crippen molar-refractivity contribution in [1.82, 2.24) is 10.3 Å². The molecule has 0 aliphatic carbocycles. The van der Waals surface area contributed by atoms with Gasteiger partial charge in [0, 0.05) is 23.1 Å². The Hall–Kier alpha value is -2.66. The van der Waals surface area contributed by atoms with Crippen molar-refractivity contribution in [3.05, 3.63) is 59.4 Å². The maximum Gasteiger partial charge on any atom is 0.249 e. The number of aromatic nitrogens is 1. The third kappa shape index (κ3) is 3.56. The molecule has 1 aromatic heterocycles. The van der Waals surface area contributed by atoms with E-state index in [1.807, 2.05) is 25.1 Å². The van der Waals surface area contributed by atoms with Crippen molar-refractivity contribution in [2.24, 2.45) is 0 Å². The summed E-state index contributed by atoms with van der Waals surface area (Å²) in [5, 5.41) is 13.3. The Labute approximate surface area is 145 Å². The second kappa shape index (κ2) is 7.07. The van der Waals surface area contributed by atoms with Gasteiger partial charge >= 0.3 is 0 Å². The predicted octanol–water partition coefficient (Wildman–Crippen LogP) is 3.67. The van der Waals surface area contributed by atoms with Crippen LogP contribution in [0, 0.1) is 12.7 Å². The number of H-pyrrole nitrogens is 1. The van der Waals surface area contributed by atoms with Crippen LogP contribution in [0.3, 0.4) is 0 Å². The molecule has 0 saturated carbocycles. The zero-order valence-corrected chi connectivity index (χ0v) is 14.3. The predicted molar refractivity (Wildman–Crippen MR) is 96.6 cm³/mol. The Balaban J connectivity index is 1.87. The molecule has 1 heterocycles. The topological polar surface area (TPSA) is 65.1 Å². The summed E-state index contributed by atoms with van der Waals surface area (Å²) in [6, 6.07) is 12.3. The number of aryl methyl sites for hydroxylation is 1. The molecule has 4 nitrogen and oxygen atoms in total. The first-order valence-corrected chi connectivity index (χ1v) is 8.32. The van der Waals surface area contributed by atoms with Gasteiger partial charge in [0.25, 0.3) is 0 Å². The smallest absolute Gasteiger partial charge is 0.249 e. The van der Waals surface area contributed by atoms with Crippen molar-refractivity contribution in [3.63, 3.8) is 0 Å². The van der Waals surface area contributed by atoms with Gasteiger partial charge in [0.05, 0.1) is 0 Å². The Morgan fingerprint density at radius 2 is 1.96 bits per heavy atom. The van der Waals surface area contributed by atoms with Crippen LogP contribution in [0.15, 0.2) is 42.5 Å². The number of halogens is 1. The number of aromatic amines is 1. The summed E-state index contributed by atoms with van der Waals surface area (Å²) < 4.78 is 13.1. The average Bonchev–Trinajstić information content (AvgIpc) is 2.96. The minimum Gasteiger partial charge on any atom is -0.383 e. The van der Waals surface area contributed by atoms with Gasteiger partial charge in [-0.2, -0.15) is 0 Å². The lowest BCUT2D eigenvalue weighted by Gasteiger charge is -2.09. The summed E-state index contributed by atoms with van der Waals surface area (Å²) in [5.74, 6) is -0.620. The summed E-state index contributed by atoms with van der Waals surface area (Å²) in [5.41, 5.74) is 4.90. The molecule has 2 aromatic carbocycles. The molecule has 3 aromatic rings. The van der Waals surface area contributed by atoms with Crippen LogP contribution < -0.4 is 5.32 Å². The molecular weight excluding hydrogens is 319 g/mol. The largest absolute Gasteiger partial charge is 0.383 e. The molecule has 1 unspecified atom stereocenters. The number of hydrogen-bond donors (Lipinski definition) is 3. The first-order valence-electron chi connectivity index (χ1n) is 8.32. The van der Waals surface area contributed by atoms with E-state index in [1.54, 1.807) is 19.1 Å². The van der Waals surface area contributed by atoms with Crippen molar-refractivity contribution in [2.75, 3.05) is 0 Å². The highest BCUT2D eigenvalue weighted by Crippen LogP contribution is 2.30. The van der Waals surface area contributed by atoms with Crippen LogP contribution in [-0.4, -0.2) is 22.1 Å². The number of aliphatic hydroxyl groups is 1. The fourth-order valence-corrected chi connectivity index (χ4v) is 2.88. The highest BCUT2D eigenvalue weighted by molar-refractivity contribution is 5.91. The van der Waals surface area contributed by atoms with Gasteiger partial charge in [-0.3, -0.25) is 4.79 Å².